The van der Waals surface area contributed by atoms with Crippen LogP contribution >= 0.6 is 11.8 Å². The number of nitrogens with zero attached hydrogens (tertiary/aromatic N) is 3. The van der Waals surface area contributed by atoms with Crippen LogP contribution in [0.5, 0.6) is 0 Å². The largest absolute Gasteiger partial charge is 0.355 e. The molecular formula is C16H21N5O3S2. The van der Waals surface area contributed by atoms with Gasteiger partial charge in [-0.1, -0.05) is 23.9 Å². The molecule has 0 radical (unpaired) electrons. The van der Waals surface area contributed by atoms with Gasteiger partial charge in [-0.05, 0) is 43.9 Å². The molecule has 3 N–H and O–H groups in total. The summed E-state index contributed by atoms with van der Waals surface area (Å²) in [6.07, 6.45) is 2.89. The van der Waals surface area contributed by atoms with Gasteiger partial charge >= 0.3 is 0 Å². The Labute approximate surface area is 156 Å². The first-order valence-electron chi connectivity index (χ1n) is 8.27. The molecule has 1 saturated carbocycles. The van der Waals surface area contributed by atoms with Crippen LogP contribution < -0.4 is 10.5 Å². The SMILES string of the molecule is Cc1nnc(SCC(=O)NCCc2ccc(S(N)(=O)=O)cc2)n1C1CC1. The number of hydrogen-bond donors (Lipinski definition) is 2. The zero-order chi connectivity index (χ0) is 18.7. The van der Waals surface area contributed by atoms with Gasteiger partial charge < -0.3 is 9.88 Å². The van der Waals surface area contributed by atoms with Crippen molar-refractivity contribution >= 4 is 27.7 Å². The zero-order valence-electron chi connectivity index (χ0n) is 14.4. The third-order valence-electron chi connectivity index (χ3n) is 4.07. The van der Waals surface area contributed by atoms with Gasteiger partial charge in [-0.3, -0.25) is 4.79 Å². The number of amides is 1. The Morgan fingerprint density at radius 2 is 2.00 bits per heavy atom. The number of sulfonamides is 1. The summed E-state index contributed by atoms with van der Waals surface area (Å²) in [5, 5.41) is 16.9. The number of primary sulfonamides is 1. The first-order chi connectivity index (χ1) is 12.3. The van der Waals surface area contributed by atoms with E-state index in [1.807, 2.05) is 6.92 Å². The summed E-state index contributed by atoms with van der Waals surface area (Å²) < 4.78 is 24.5. The Kier molecular flexibility index (Phi) is 5.64. The lowest BCUT2D eigenvalue weighted by atomic mass is 10.1. The molecule has 10 heteroatoms. The summed E-state index contributed by atoms with van der Waals surface area (Å²) in [6.45, 7) is 2.40. The second-order valence-electron chi connectivity index (χ2n) is 6.21. The van der Waals surface area contributed by atoms with Gasteiger partial charge in [0, 0.05) is 12.6 Å². The average molecular weight is 396 g/mol. The molecule has 8 nitrogen and oxygen atoms in total. The zero-order valence-corrected chi connectivity index (χ0v) is 16.0. The minimum atomic E-state index is -3.68. The second kappa shape index (κ2) is 7.77. The predicted molar refractivity (Wildman–Crippen MR) is 98.3 cm³/mol. The first-order valence-corrected chi connectivity index (χ1v) is 10.8. The lowest BCUT2D eigenvalue weighted by molar-refractivity contribution is -0.118. The highest BCUT2D eigenvalue weighted by Gasteiger charge is 2.28. The van der Waals surface area contributed by atoms with E-state index in [9.17, 15) is 13.2 Å². The minimum absolute atomic E-state index is 0.0702. The van der Waals surface area contributed by atoms with Crippen LogP contribution in [-0.2, 0) is 21.2 Å². The molecule has 140 valence electrons. The van der Waals surface area contributed by atoms with Crippen molar-refractivity contribution in [3.05, 3.63) is 35.7 Å². The van der Waals surface area contributed by atoms with Crippen molar-refractivity contribution in [3.8, 4) is 0 Å². The lowest BCUT2D eigenvalue weighted by Crippen LogP contribution is -2.27. The molecular weight excluding hydrogens is 374 g/mol. The van der Waals surface area contributed by atoms with E-state index in [0.717, 1.165) is 29.4 Å². The fourth-order valence-electron chi connectivity index (χ4n) is 2.57. The van der Waals surface area contributed by atoms with Crippen LogP contribution in [0.25, 0.3) is 0 Å². The fraction of sp³-hybridized carbons (Fsp3) is 0.438. The molecule has 1 aromatic heterocycles. The van der Waals surface area contributed by atoms with Gasteiger partial charge in [0.1, 0.15) is 5.82 Å². The summed E-state index contributed by atoms with van der Waals surface area (Å²) >= 11 is 1.39. The van der Waals surface area contributed by atoms with Gasteiger partial charge in [0.25, 0.3) is 0 Å². The molecule has 0 atom stereocenters. The topological polar surface area (TPSA) is 120 Å². The van der Waals surface area contributed by atoms with E-state index >= 15 is 0 Å². The minimum Gasteiger partial charge on any atom is -0.355 e. The maximum Gasteiger partial charge on any atom is 0.238 e. The molecule has 1 amide bonds. The first kappa shape index (κ1) is 18.9. The van der Waals surface area contributed by atoms with Crippen molar-refractivity contribution in [1.29, 1.82) is 0 Å². The Balaban J connectivity index is 1.43. The number of carbonyl (C=O) groups excluding carboxylic acids is 1. The molecule has 26 heavy (non-hydrogen) atoms. The van der Waals surface area contributed by atoms with E-state index < -0.39 is 10.0 Å². The number of rotatable bonds is 8. The molecule has 0 bridgehead atoms. The summed E-state index contributed by atoms with van der Waals surface area (Å²) in [5.74, 6) is 1.10. The number of benzene rings is 1. The van der Waals surface area contributed by atoms with Crippen molar-refractivity contribution in [2.24, 2.45) is 5.14 Å². The molecule has 0 saturated heterocycles. The van der Waals surface area contributed by atoms with Crippen LogP contribution in [0.15, 0.2) is 34.3 Å². The van der Waals surface area contributed by atoms with E-state index in [0.29, 0.717) is 19.0 Å². The molecule has 0 aliphatic heterocycles. The quantitative estimate of drug-likeness (QED) is 0.644. The van der Waals surface area contributed by atoms with Gasteiger partial charge in [-0.25, -0.2) is 13.6 Å². The van der Waals surface area contributed by atoms with Gasteiger partial charge in [-0.2, -0.15) is 0 Å². The van der Waals surface area contributed by atoms with Crippen molar-refractivity contribution in [2.75, 3.05) is 12.3 Å². The highest BCUT2D eigenvalue weighted by Crippen LogP contribution is 2.38. The van der Waals surface area contributed by atoms with E-state index in [1.165, 1.54) is 23.9 Å². The normalized spacial score (nSPS) is 14.4. The summed E-state index contributed by atoms with van der Waals surface area (Å²) in [7, 11) is -3.68. The second-order valence-corrected chi connectivity index (χ2v) is 8.71. The van der Waals surface area contributed by atoms with E-state index in [2.05, 4.69) is 20.1 Å². The Morgan fingerprint density at radius 3 is 2.62 bits per heavy atom. The third kappa shape index (κ3) is 4.83. The highest BCUT2D eigenvalue weighted by molar-refractivity contribution is 7.99. The molecule has 1 aliphatic carbocycles. The Hall–Kier alpha value is -1.91. The molecule has 1 heterocycles. The number of aromatic nitrogens is 3. The van der Waals surface area contributed by atoms with Gasteiger partial charge in [0.05, 0.1) is 10.6 Å². The van der Waals surface area contributed by atoms with Crippen LogP contribution in [0.3, 0.4) is 0 Å². The van der Waals surface area contributed by atoms with Crippen LogP contribution in [0.4, 0.5) is 0 Å². The standard InChI is InChI=1S/C16H21N5O3S2/c1-11-19-20-16(21(11)13-4-5-13)25-10-15(22)18-9-8-12-2-6-14(7-3-12)26(17,23)24/h2-3,6-7,13H,4-5,8-10H2,1H3,(H,18,22)(H2,17,23,24). The van der Waals surface area contributed by atoms with Crippen LogP contribution in [0.1, 0.15) is 30.3 Å². The van der Waals surface area contributed by atoms with Gasteiger partial charge in [-0.15, -0.1) is 10.2 Å². The number of hydrogen-bond acceptors (Lipinski definition) is 6. The molecule has 3 rings (SSSR count). The maximum absolute atomic E-state index is 12.0. The fourth-order valence-corrected chi connectivity index (χ4v) is 3.97. The third-order valence-corrected chi connectivity index (χ3v) is 5.94. The van der Waals surface area contributed by atoms with Gasteiger partial charge in [0.15, 0.2) is 5.16 Å². The lowest BCUT2D eigenvalue weighted by Gasteiger charge is -2.07. The predicted octanol–water partition coefficient (Wildman–Crippen LogP) is 1.02. The average Bonchev–Trinajstić information content (AvgIpc) is 3.35. The number of nitrogens with two attached hydrogens (primary N) is 1. The Bertz CT molecular complexity index is 889. The number of carbonyl (C=O) groups is 1. The smallest absolute Gasteiger partial charge is 0.238 e. The van der Waals surface area contributed by atoms with Crippen molar-refractivity contribution in [3.63, 3.8) is 0 Å². The molecule has 0 spiro atoms. The van der Waals surface area contributed by atoms with Gasteiger partial charge in [0.2, 0.25) is 15.9 Å². The highest BCUT2D eigenvalue weighted by atomic mass is 32.2. The Morgan fingerprint density at radius 1 is 1.31 bits per heavy atom. The van der Waals surface area contributed by atoms with Crippen LogP contribution in [0.2, 0.25) is 0 Å². The molecule has 1 aliphatic rings. The number of thioether (sulfide) groups is 1. The van der Waals surface area contributed by atoms with Crippen molar-refractivity contribution < 1.29 is 13.2 Å². The van der Waals surface area contributed by atoms with E-state index in [-0.39, 0.29) is 16.6 Å². The van der Waals surface area contributed by atoms with Crippen molar-refractivity contribution in [1.82, 2.24) is 20.1 Å². The summed E-state index contributed by atoms with van der Waals surface area (Å²) in [4.78, 5) is 12.1. The van der Waals surface area contributed by atoms with Crippen molar-refractivity contribution in [2.45, 2.75) is 42.3 Å². The summed E-state index contributed by atoms with van der Waals surface area (Å²) in [5.41, 5.74) is 0.925. The molecule has 0 unspecified atom stereocenters. The van der Waals surface area contributed by atoms with Crippen LogP contribution in [0, 0.1) is 6.92 Å². The summed E-state index contributed by atoms with van der Waals surface area (Å²) in [6, 6.07) is 6.81. The molecule has 1 aromatic carbocycles. The molecule has 2 aromatic rings. The number of aryl methyl sites for hydroxylation is 1. The van der Waals surface area contributed by atoms with Crippen LogP contribution in [-0.4, -0.2) is 41.4 Å². The maximum atomic E-state index is 12.0. The van der Waals surface area contributed by atoms with E-state index in [4.69, 9.17) is 5.14 Å². The van der Waals surface area contributed by atoms with E-state index in [1.54, 1.807) is 12.1 Å². The monoisotopic (exact) mass is 395 g/mol. The molecule has 1 fully saturated rings. The number of nitrogens with one attached hydrogen (secondary N) is 1.